The molecule has 6 aromatic rings. The highest BCUT2D eigenvalue weighted by molar-refractivity contribution is 6.20. The molecule has 14 heteroatoms. The Morgan fingerprint density at radius 2 is 1.78 bits per heavy atom. The first kappa shape index (κ1) is 28.5. The number of carbonyl (C=O) groups is 1. The topological polar surface area (TPSA) is 113 Å². The third kappa shape index (κ3) is 5.46. The number of anilines is 1. The molecular weight excluding hydrogens is 609 g/mol. The monoisotopic (exact) mass is 630 g/mol. The highest BCUT2D eigenvalue weighted by Gasteiger charge is 2.28. The van der Waals surface area contributed by atoms with Gasteiger partial charge in [0.1, 0.15) is 5.75 Å². The van der Waals surface area contributed by atoms with Crippen LogP contribution < -0.4 is 10.1 Å². The van der Waals surface area contributed by atoms with Crippen LogP contribution in [0.2, 0.25) is 0 Å². The van der Waals surface area contributed by atoms with Crippen molar-refractivity contribution >= 4 is 34.2 Å². The van der Waals surface area contributed by atoms with E-state index in [0.717, 1.165) is 45.9 Å². The number of nitrogens with zero attached hydrogens (tertiary/aromatic N) is 7. The standard InChI is InChI=1S/C31H22ClF3N8O2/c1-16(2)42-15-39-26-9-17(29(44)40-21-3-5-22(6-4-21)45-31(32,34)35)7-23(28(26)42)18-8-24-25(36-11-18)10-19-14-43(41-27(19)24)30-37-12-20(33)13-38-30/h3-9,11-16H,10H2,1-2H3,(H,40,44). The van der Waals surface area contributed by atoms with Crippen LogP contribution in [-0.4, -0.2) is 45.8 Å². The van der Waals surface area contributed by atoms with Crippen molar-refractivity contribution in [2.45, 2.75) is 31.9 Å². The Morgan fingerprint density at radius 1 is 1.02 bits per heavy atom. The molecule has 1 aliphatic carbocycles. The zero-order valence-electron chi connectivity index (χ0n) is 23.7. The number of aromatic nitrogens is 7. The van der Waals surface area contributed by atoms with Crippen LogP contribution in [0.5, 0.6) is 5.75 Å². The first-order valence-corrected chi connectivity index (χ1v) is 14.1. The van der Waals surface area contributed by atoms with E-state index in [9.17, 15) is 18.0 Å². The van der Waals surface area contributed by atoms with Gasteiger partial charge < -0.3 is 14.6 Å². The first-order chi connectivity index (χ1) is 21.5. The molecular formula is C31H22ClF3N8O2. The van der Waals surface area contributed by atoms with E-state index in [4.69, 9.17) is 16.6 Å². The average molecular weight is 631 g/mol. The molecule has 0 unspecified atom stereocenters. The Balaban J connectivity index is 1.26. The van der Waals surface area contributed by atoms with E-state index in [1.165, 1.54) is 28.9 Å². The van der Waals surface area contributed by atoms with Crippen LogP contribution in [0, 0.1) is 5.82 Å². The number of carbonyl (C=O) groups excluding carboxylic acids is 1. The molecule has 1 N–H and O–H groups in total. The maximum absolute atomic E-state index is 13.4. The number of alkyl halides is 3. The number of imidazole rings is 1. The van der Waals surface area contributed by atoms with E-state index >= 15 is 0 Å². The van der Waals surface area contributed by atoms with Gasteiger partial charge in [-0.1, -0.05) is 0 Å². The Morgan fingerprint density at radius 3 is 2.49 bits per heavy atom. The van der Waals surface area contributed by atoms with E-state index in [1.807, 2.05) is 24.5 Å². The van der Waals surface area contributed by atoms with Crippen molar-refractivity contribution < 1.29 is 22.7 Å². The number of amides is 1. The minimum absolute atomic E-state index is 0.0786. The molecule has 0 radical (unpaired) electrons. The number of halogens is 4. The van der Waals surface area contributed by atoms with Crippen LogP contribution in [0.3, 0.4) is 0 Å². The van der Waals surface area contributed by atoms with Gasteiger partial charge in [-0.2, -0.15) is 5.10 Å². The maximum Gasteiger partial charge on any atom is 0.487 e. The van der Waals surface area contributed by atoms with Crippen molar-refractivity contribution in [3.05, 3.63) is 96.2 Å². The van der Waals surface area contributed by atoms with Gasteiger partial charge in [0, 0.05) is 70.0 Å². The van der Waals surface area contributed by atoms with Gasteiger partial charge in [0.15, 0.2) is 5.82 Å². The van der Waals surface area contributed by atoms with Gasteiger partial charge in [0.05, 0.1) is 41.1 Å². The van der Waals surface area contributed by atoms with Crippen molar-refractivity contribution in [3.8, 4) is 34.1 Å². The lowest BCUT2D eigenvalue weighted by Crippen LogP contribution is -2.16. The lowest BCUT2D eigenvalue weighted by atomic mass is 9.99. The van der Waals surface area contributed by atoms with Gasteiger partial charge in [-0.25, -0.2) is 24.0 Å². The summed E-state index contributed by atoms with van der Waals surface area (Å²) < 4.78 is 47.2. The largest absolute Gasteiger partial charge is 0.487 e. The van der Waals surface area contributed by atoms with Crippen molar-refractivity contribution in [1.82, 2.24) is 34.3 Å². The zero-order valence-corrected chi connectivity index (χ0v) is 24.4. The second-order valence-electron chi connectivity index (χ2n) is 10.7. The molecule has 45 heavy (non-hydrogen) atoms. The lowest BCUT2D eigenvalue weighted by molar-refractivity contribution is -0.0964. The van der Waals surface area contributed by atoms with Crippen LogP contribution in [0.4, 0.5) is 18.9 Å². The number of fused-ring (bicyclic) bond motifs is 4. The number of nitrogens with one attached hydrogen (secondary N) is 1. The fraction of sp³-hybridized carbons (Fsp3) is 0.161. The molecule has 4 aromatic heterocycles. The molecule has 2 aromatic carbocycles. The molecule has 0 saturated heterocycles. The van der Waals surface area contributed by atoms with Crippen LogP contribution in [0.25, 0.3) is 39.4 Å². The molecule has 4 heterocycles. The fourth-order valence-corrected chi connectivity index (χ4v) is 5.40. The smallest absolute Gasteiger partial charge is 0.420 e. The lowest BCUT2D eigenvalue weighted by Gasteiger charge is -2.15. The zero-order chi connectivity index (χ0) is 31.5. The summed E-state index contributed by atoms with van der Waals surface area (Å²) in [5.74, 6) is -0.874. The Bertz CT molecular complexity index is 2090. The van der Waals surface area contributed by atoms with Crippen LogP contribution in [0.15, 0.2) is 73.6 Å². The summed E-state index contributed by atoms with van der Waals surface area (Å²) in [5.41, 5.74) is 3.10. The van der Waals surface area contributed by atoms with Crippen LogP contribution in [0.1, 0.15) is 41.5 Å². The quantitative estimate of drug-likeness (QED) is 0.193. The first-order valence-electron chi connectivity index (χ1n) is 13.8. The predicted octanol–water partition coefficient (Wildman–Crippen LogP) is 6.79. The summed E-state index contributed by atoms with van der Waals surface area (Å²) in [7, 11) is 0. The van der Waals surface area contributed by atoms with Crippen LogP contribution in [-0.2, 0) is 6.42 Å². The molecule has 0 atom stereocenters. The summed E-state index contributed by atoms with van der Waals surface area (Å²) in [6, 6.07) is 10.9. The molecule has 1 amide bonds. The third-order valence-electron chi connectivity index (χ3n) is 7.33. The van der Waals surface area contributed by atoms with Gasteiger partial charge in [0.2, 0.25) is 0 Å². The molecule has 0 fully saturated rings. The van der Waals surface area contributed by atoms with E-state index in [0.29, 0.717) is 28.9 Å². The summed E-state index contributed by atoms with van der Waals surface area (Å²) in [4.78, 5) is 30.8. The molecule has 10 nitrogen and oxygen atoms in total. The Hall–Kier alpha value is -5.30. The molecule has 226 valence electrons. The summed E-state index contributed by atoms with van der Waals surface area (Å²) in [6.07, 6.45) is 8.03. The van der Waals surface area contributed by atoms with Gasteiger partial charge in [-0.05, 0) is 56.3 Å². The predicted molar refractivity (Wildman–Crippen MR) is 160 cm³/mol. The van der Waals surface area contributed by atoms with Crippen molar-refractivity contribution in [2.75, 3.05) is 5.32 Å². The molecule has 7 rings (SSSR count). The maximum atomic E-state index is 13.4. The fourth-order valence-electron chi connectivity index (χ4n) is 5.32. The molecule has 0 bridgehead atoms. The van der Waals surface area contributed by atoms with Crippen molar-refractivity contribution in [2.24, 2.45) is 0 Å². The second kappa shape index (κ2) is 10.7. The average Bonchev–Trinajstić information content (AvgIpc) is 3.70. The number of hydrogen-bond acceptors (Lipinski definition) is 7. The molecule has 0 aliphatic heterocycles. The highest BCUT2D eigenvalue weighted by Crippen LogP contribution is 2.39. The van der Waals surface area contributed by atoms with E-state index < -0.39 is 17.3 Å². The number of pyridine rings is 1. The number of ether oxygens (including phenoxy) is 1. The van der Waals surface area contributed by atoms with Crippen molar-refractivity contribution in [1.29, 1.82) is 0 Å². The SMILES string of the molecule is CC(C)n1cnc2cc(C(=O)Nc3ccc(OC(F)(F)Cl)cc3)cc(-c3cnc4c(c3)-c3nn(-c5ncc(F)cn5)cc3C4)c21. The second-order valence-corrected chi connectivity index (χ2v) is 11.1. The normalized spacial score (nSPS) is 12.4. The minimum Gasteiger partial charge on any atom is -0.420 e. The molecule has 0 saturated carbocycles. The number of hydrogen-bond donors (Lipinski definition) is 1. The van der Waals surface area contributed by atoms with E-state index in [-0.39, 0.29) is 17.7 Å². The van der Waals surface area contributed by atoms with Crippen molar-refractivity contribution in [3.63, 3.8) is 0 Å². The van der Waals surface area contributed by atoms with Crippen LogP contribution >= 0.6 is 11.6 Å². The molecule has 1 aliphatic rings. The van der Waals surface area contributed by atoms with E-state index in [2.05, 4.69) is 30.1 Å². The molecule has 0 spiro atoms. The third-order valence-corrected chi connectivity index (χ3v) is 7.41. The Kier molecular flexibility index (Phi) is 6.77. The van der Waals surface area contributed by atoms with Gasteiger partial charge in [0.25, 0.3) is 11.9 Å². The summed E-state index contributed by atoms with van der Waals surface area (Å²) in [6.45, 7) is 4.08. The number of benzene rings is 2. The Labute approximate surface area is 258 Å². The summed E-state index contributed by atoms with van der Waals surface area (Å²) in [5, 5.41) is 7.46. The van der Waals surface area contributed by atoms with Gasteiger partial charge >= 0.3 is 5.57 Å². The number of rotatable bonds is 7. The summed E-state index contributed by atoms with van der Waals surface area (Å²) >= 11 is 4.83. The van der Waals surface area contributed by atoms with Gasteiger partial charge in [-0.3, -0.25) is 9.78 Å². The highest BCUT2D eigenvalue weighted by atomic mass is 35.5. The van der Waals surface area contributed by atoms with Gasteiger partial charge in [-0.15, -0.1) is 8.78 Å². The minimum atomic E-state index is -3.85. The van der Waals surface area contributed by atoms with E-state index in [1.54, 1.807) is 30.9 Å².